The van der Waals surface area contributed by atoms with Gasteiger partial charge in [-0.25, -0.2) is 4.98 Å². The number of methoxy groups -OCH3 is 1. The number of amides is 1. The van der Waals surface area contributed by atoms with Crippen LogP contribution in [0.15, 0.2) is 61.1 Å². The third-order valence-corrected chi connectivity index (χ3v) is 3.73. The summed E-state index contributed by atoms with van der Waals surface area (Å²) in [7, 11) is 1.54. The second kappa shape index (κ2) is 7.10. The Hall–Kier alpha value is -2.92. The Morgan fingerprint density at radius 1 is 1.17 bits per heavy atom. The zero-order chi connectivity index (χ0) is 16.9. The number of ether oxygens (including phenoxy) is 1. The number of halogens is 1. The number of nitrogens with zero attached hydrogens (tertiary/aromatic N) is 2. The molecule has 0 unspecified atom stereocenters. The van der Waals surface area contributed by atoms with E-state index in [1.54, 1.807) is 42.7 Å². The molecule has 0 bridgehead atoms. The van der Waals surface area contributed by atoms with Crippen LogP contribution in [0.3, 0.4) is 0 Å². The van der Waals surface area contributed by atoms with Gasteiger partial charge in [0.2, 0.25) is 5.88 Å². The fourth-order valence-electron chi connectivity index (χ4n) is 2.19. The molecule has 1 N–H and O–H groups in total. The fraction of sp³-hybridized carbons (Fsp3) is 0.0556. The van der Waals surface area contributed by atoms with Crippen molar-refractivity contribution in [1.29, 1.82) is 0 Å². The second-order valence-corrected chi connectivity index (χ2v) is 5.39. The first-order valence-electron chi connectivity index (χ1n) is 7.19. The van der Waals surface area contributed by atoms with E-state index >= 15 is 0 Å². The molecule has 0 aliphatic rings. The molecule has 0 aliphatic heterocycles. The number of benzene rings is 1. The van der Waals surface area contributed by atoms with Gasteiger partial charge in [-0.15, -0.1) is 0 Å². The molecule has 5 nitrogen and oxygen atoms in total. The van der Waals surface area contributed by atoms with Gasteiger partial charge >= 0.3 is 0 Å². The monoisotopic (exact) mass is 339 g/mol. The van der Waals surface area contributed by atoms with Crippen LogP contribution >= 0.6 is 11.6 Å². The summed E-state index contributed by atoms with van der Waals surface area (Å²) >= 11 is 6.25. The van der Waals surface area contributed by atoms with E-state index in [0.29, 0.717) is 22.2 Å². The number of pyridine rings is 2. The van der Waals surface area contributed by atoms with Crippen LogP contribution in [0.2, 0.25) is 5.02 Å². The van der Waals surface area contributed by atoms with Crippen LogP contribution in [-0.4, -0.2) is 23.0 Å². The molecule has 0 saturated heterocycles. The van der Waals surface area contributed by atoms with Crippen molar-refractivity contribution < 1.29 is 9.53 Å². The highest BCUT2D eigenvalue weighted by atomic mass is 35.5. The van der Waals surface area contributed by atoms with Crippen LogP contribution in [0, 0.1) is 0 Å². The van der Waals surface area contributed by atoms with Gasteiger partial charge in [0.25, 0.3) is 5.91 Å². The van der Waals surface area contributed by atoms with Gasteiger partial charge in [-0.05, 0) is 30.3 Å². The van der Waals surface area contributed by atoms with Crippen molar-refractivity contribution in [2.24, 2.45) is 0 Å². The zero-order valence-electron chi connectivity index (χ0n) is 12.9. The highest BCUT2D eigenvalue weighted by Gasteiger charge is 2.11. The number of carbonyl (C=O) groups is 1. The molecule has 120 valence electrons. The maximum atomic E-state index is 12.4. The lowest BCUT2D eigenvalue weighted by Crippen LogP contribution is -2.12. The largest absolute Gasteiger partial charge is 0.481 e. The van der Waals surface area contributed by atoms with Crippen molar-refractivity contribution in [1.82, 2.24) is 9.97 Å². The van der Waals surface area contributed by atoms with Crippen LogP contribution in [0.25, 0.3) is 11.1 Å². The first-order valence-corrected chi connectivity index (χ1v) is 7.56. The van der Waals surface area contributed by atoms with E-state index in [2.05, 4.69) is 15.3 Å². The molecule has 0 aliphatic carbocycles. The normalized spacial score (nSPS) is 10.2. The maximum absolute atomic E-state index is 12.4. The van der Waals surface area contributed by atoms with Gasteiger partial charge in [0, 0.05) is 40.2 Å². The fourth-order valence-corrected chi connectivity index (χ4v) is 2.41. The van der Waals surface area contributed by atoms with Crippen molar-refractivity contribution in [3.05, 3.63) is 71.6 Å². The molecule has 2 aromatic heterocycles. The summed E-state index contributed by atoms with van der Waals surface area (Å²) in [6.07, 6.45) is 4.93. The minimum atomic E-state index is -0.247. The van der Waals surface area contributed by atoms with Crippen molar-refractivity contribution in [2.45, 2.75) is 0 Å². The molecule has 6 heteroatoms. The lowest BCUT2D eigenvalue weighted by atomic mass is 10.0. The number of anilines is 1. The predicted octanol–water partition coefficient (Wildman–Crippen LogP) is 4.06. The molecule has 3 rings (SSSR count). The number of carbonyl (C=O) groups excluding carboxylic acids is 1. The number of aromatic nitrogens is 2. The summed E-state index contributed by atoms with van der Waals surface area (Å²) in [5, 5.41) is 3.35. The summed E-state index contributed by atoms with van der Waals surface area (Å²) in [5.74, 6) is 0.238. The second-order valence-electron chi connectivity index (χ2n) is 4.98. The van der Waals surface area contributed by atoms with E-state index in [4.69, 9.17) is 16.3 Å². The molecular weight excluding hydrogens is 326 g/mol. The Kier molecular flexibility index (Phi) is 4.72. The quantitative estimate of drug-likeness (QED) is 0.778. The molecule has 24 heavy (non-hydrogen) atoms. The zero-order valence-corrected chi connectivity index (χ0v) is 13.6. The standard InChI is InChI=1S/C18H14ClN3O2/c1-24-17-7-5-14(11-21-17)22-18(23)12-4-6-16(19)15(9-12)13-3-2-8-20-10-13/h2-11H,1H3,(H,22,23). The first-order chi connectivity index (χ1) is 11.7. The van der Waals surface area contributed by atoms with Gasteiger partial charge in [-0.3, -0.25) is 9.78 Å². The van der Waals surface area contributed by atoms with Gasteiger partial charge in [0.1, 0.15) is 0 Å². The van der Waals surface area contributed by atoms with Gasteiger partial charge in [-0.1, -0.05) is 17.7 Å². The van der Waals surface area contributed by atoms with E-state index in [9.17, 15) is 4.79 Å². The van der Waals surface area contributed by atoms with Gasteiger partial charge < -0.3 is 10.1 Å². The Bertz CT molecular complexity index is 852. The first kappa shape index (κ1) is 16.0. The topological polar surface area (TPSA) is 64.1 Å². The van der Waals surface area contributed by atoms with Crippen LogP contribution in [0.4, 0.5) is 5.69 Å². The van der Waals surface area contributed by atoms with E-state index in [-0.39, 0.29) is 5.91 Å². The number of hydrogen-bond donors (Lipinski definition) is 1. The SMILES string of the molecule is COc1ccc(NC(=O)c2ccc(Cl)c(-c3cccnc3)c2)cn1. The molecule has 0 spiro atoms. The average molecular weight is 340 g/mol. The average Bonchev–Trinajstić information content (AvgIpc) is 2.63. The van der Waals surface area contributed by atoms with Crippen molar-refractivity contribution >= 4 is 23.2 Å². The summed E-state index contributed by atoms with van der Waals surface area (Å²) in [6.45, 7) is 0. The molecule has 0 radical (unpaired) electrons. The molecule has 3 aromatic rings. The summed E-state index contributed by atoms with van der Waals surface area (Å²) in [4.78, 5) is 20.6. The Labute approximate surface area is 144 Å². The Morgan fingerprint density at radius 3 is 2.71 bits per heavy atom. The van der Waals surface area contributed by atoms with Gasteiger partial charge in [0.05, 0.1) is 19.0 Å². The lowest BCUT2D eigenvalue weighted by molar-refractivity contribution is 0.102. The minimum absolute atomic E-state index is 0.247. The van der Waals surface area contributed by atoms with Crippen molar-refractivity contribution in [3.8, 4) is 17.0 Å². The van der Waals surface area contributed by atoms with Crippen molar-refractivity contribution in [2.75, 3.05) is 12.4 Å². The van der Waals surface area contributed by atoms with E-state index in [1.165, 1.54) is 13.3 Å². The Balaban J connectivity index is 1.85. The van der Waals surface area contributed by atoms with Crippen molar-refractivity contribution in [3.63, 3.8) is 0 Å². The minimum Gasteiger partial charge on any atom is -0.481 e. The van der Waals surface area contributed by atoms with Crippen LogP contribution in [-0.2, 0) is 0 Å². The molecule has 1 amide bonds. The summed E-state index contributed by atoms with van der Waals surface area (Å²) < 4.78 is 4.99. The third kappa shape index (κ3) is 3.52. The predicted molar refractivity (Wildman–Crippen MR) is 93.4 cm³/mol. The highest BCUT2D eigenvalue weighted by Crippen LogP contribution is 2.28. The van der Waals surface area contributed by atoms with Gasteiger partial charge in [-0.2, -0.15) is 0 Å². The Morgan fingerprint density at radius 2 is 2.04 bits per heavy atom. The number of hydrogen-bond acceptors (Lipinski definition) is 4. The summed E-state index contributed by atoms with van der Waals surface area (Å²) in [6, 6.07) is 12.2. The summed E-state index contributed by atoms with van der Waals surface area (Å²) in [5.41, 5.74) is 2.68. The molecule has 2 heterocycles. The van der Waals surface area contributed by atoms with E-state index in [0.717, 1.165) is 11.1 Å². The number of nitrogens with one attached hydrogen (secondary N) is 1. The van der Waals surface area contributed by atoms with Crippen LogP contribution in [0.5, 0.6) is 5.88 Å². The lowest BCUT2D eigenvalue weighted by Gasteiger charge is -2.09. The highest BCUT2D eigenvalue weighted by molar-refractivity contribution is 6.33. The van der Waals surface area contributed by atoms with E-state index in [1.807, 2.05) is 12.1 Å². The van der Waals surface area contributed by atoms with Crippen LogP contribution < -0.4 is 10.1 Å². The maximum Gasteiger partial charge on any atom is 0.255 e. The number of rotatable bonds is 4. The van der Waals surface area contributed by atoms with Gasteiger partial charge in [0.15, 0.2) is 0 Å². The molecule has 0 fully saturated rings. The van der Waals surface area contributed by atoms with E-state index < -0.39 is 0 Å². The molecule has 1 aromatic carbocycles. The third-order valence-electron chi connectivity index (χ3n) is 3.40. The molecular formula is C18H14ClN3O2. The molecule has 0 saturated carbocycles. The van der Waals surface area contributed by atoms with Crippen LogP contribution in [0.1, 0.15) is 10.4 Å². The smallest absolute Gasteiger partial charge is 0.255 e. The molecule has 0 atom stereocenters.